The van der Waals surface area contributed by atoms with Crippen LogP contribution in [-0.2, 0) is 0 Å². The molecule has 0 N–H and O–H groups in total. The molecule has 10 rings (SSSR count). The SMILES string of the molecule is c1ccc(-c2ccc(-c3nc(-c4ccc(-c5cccc6ccccc56)c5ccccc45)nc(-c4cccc5c4oc4ccccc45)n3)cc2)cc1. The zero-order valence-electron chi connectivity index (χ0n) is 27.5. The fourth-order valence-electron chi connectivity index (χ4n) is 7.30. The number of hydrogen-bond donors (Lipinski definition) is 0. The highest BCUT2D eigenvalue weighted by Gasteiger charge is 2.19. The molecule has 238 valence electrons. The average molecular weight is 652 g/mol. The van der Waals surface area contributed by atoms with Crippen LogP contribution in [0.5, 0.6) is 0 Å². The topological polar surface area (TPSA) is 51.8 Å². The molecule has 4 nitrogen and oxygen atoms in total. The van der Waals surface area contributed by atoms with E-state index < -0.39 is 0 Å². The largest absolute Gasteiger partial charge is 0.455 e. The van der Waals surface area contributed by atoms with Gasteiger partial charge in [0.05, 0.1) is 5.56 Å². The maximum absolute atomic E-state index is 6.46. The van der Waals surface area contributed by atoms with Crippen LogP contribution in [-0.4, -0.2) is 15.0 Å². The minimum Gasteiger partial charge on any atom is -0.455 e. The summed E-state index contributed by atoms with van der Waals surface area (Å²) in [5.41, 5.74) is 8.94. The van der Waals surface area contributed by atoms with E-state index in [0.717, 1.165) is 60.5 Å². The van der Waals surface area contributed by atoms with Crippen LogP contribution < -0.4 is 0 Å². The highest BCUT2D eigenvalue weighted by molar-refractivity contribution is 6.10. The molecule has 0 aliphatic carbocycles. The first kappa shape index (κ1) is 29.0. The van der Waals surface area contributed by atoms with Crippen molar-refractivity contribution in [1.82, 2.24) is 15.0 Å². The lowest BCUT2D eigenvalue weighted by atomic mass is 9.92. The smallest absolute Gasteiger partial charge is 0.167 e. The first-order chi connectivity index (χ1) is 25.3. The number of nitrogens with zero attached hydrogens (tertiary/aromatic N) is 3. The van der Waals surface area contributed by atoms with Crippen LogP contribution in [0.25, 0.3) is 99.9 Å². The van der Waals surface area contributed by atoms with Crippen molar-refractivity contribution >= 4 is 43.5 Å². The van der Waals surface area contributed by atoms with Crippen LogP contribution in [0.2, 0.25) is 0 Å². The lowest BCUT2D eigenvalue weighted by Gasteiger charge is -2.14. The predicted molar refractivity (Wildman–Crippen MR) is 209 cm³/mol. The molecule has 0 radical (unpaired) electrons. The van der Waals surface area contributed by atoms with Crippen LogP contribution in [0.4, 0.5) is 0 Å². The Morgan fingerprint density at radius 3 is 1.63 bits per heavy atom. The summed E-state index contributed by atoms with van der Waals surface area (Å²) in [6.07, 6.45) is 0. The van der Waals surface area contributed by atoms with E-state index in [2.05, 4.69) is 140 Å². The Labute approximate surface area is 294 Å². The predicted octanol–water partition coefficient (Wildman–Crippen LogP) is 12.4. The number of fused-ring (bicyclic) bond motifs is 5. The molecule has 51 heavy (non-hydrogen) atoms. The number of benzene rings is 8. The lowest BCUT2D eigenvalue weighted by molar-refractivity contribution is 0.669. The summed E-state index contributed by atoms with van der Waals surface area (Å²) in [6.45, 7) is 0. The quantitative estimate of drug-likeness (QED) is 0.186. The van der Waals surface area contributed by atoms with Gasteiger partial charge in [0.15, 0.2) is 17.5 Å². The van der Waals surface area contributed by atoms with Gasteiger partial charge in [-0.1, -0.05) is 158 Å². The molecule has 2 heterocycles. The number of rotatable bonds is 5. The molecular weight excluding hydrogens is 623 g/mol. The molecule has 0 fully saturated rings. The monoisotopic (exact) mass is 651 g/mol. The molecule has 0 saturated heterocycles. The Kier molecular flexibility index (Phi) is 6.78. The second-order valence-electron chi connectivity index (χ2n) is 12.8. The van der Waals surface area contributed by atoms with E-state index in [-0.39, 0.29) is 0 Å². The minimum atomic E-state index is 0.564. The molecule has 0 aliphatic rings. The van der Waals surface area contributed by atoms with Gasteiger partial charge in [-0.3, -0.25) is 0 Å². The number of hydrogen-bond acceptors (Lipinski definition) is 4. The Bertz CT molecular complexity index is 2900. The van der Waals surface area contributed by atoms with Gasteiger partial charge in [0, 0.05) is 21.9 Å². The summed E-state index contributed by atoms with van der Waals surface area (Å²) in [5.74, 6) is 1.77. The van der Waals surface area contributed by atoms with Gasteiger partial charge in [0.25, 0.3) is 0 Å². The van der Waals surface area contributed by atoms with Gasteiger partial charge >= 0.3 is 0 Å². The zero-order chi connectivity index (χ0) is 33.7. The molecule has 0 spiro atoms. The second kappa shape index (κ2) is 11.9. The van der Waals surface area contributed by atoms with Gasteiger partial charge in [0.1, 0.15) is 11.2 Å². The summed E-state index contributed by atoms with van der Waals surface area (Å²) in [7, 11) is 0. The van der Waals surface area contributed by atoms with Crippen LogP contribution in [0.3, 0.4) is 0 Å². The maximum Gasteiger partial charge on any atom is 0.167 e. The van der Waals surface area contributed by atoms with Crippen molar-refractivity contribution in [3.63, 3.8) is 0 Å². The summed E-state index contributed by atoms with van der Waals surface area (Å²) < 4.78 is 6.46. The van der Waals surface area contributed by atoms with E-state index >= 15 is 0 Å². The molecule has 4 heteroatoms. The Morgan fingerprint density at radius 1 is 0.294 bits per heavy atom. The van der Waals surface area contributed by atoms with Crippen molar-refractivity contribution in [3.8, 4) is 56.4 Å². The molecule has 0 aliphatic heterocycles. The third-order valence-corrected chi connectivity index (χ3v) is 9.78. The maximum atomic E-state index is 6.46. The van der Waals surface area contributed by atoms with Crippen LogP contribution in [0.15, 0.2) is 180 Å². The van der Waals surface area contributed by atoms with Gasteiger partial charge in [-0.2, -0.15) is 0 Å². The third kappa shape index (κ3) is 4.96. The molecule has 0 amide bonds. The summed E-state index contributed by atoms with van der Waals surface area (Å²) in [5, 5.41) is 6.75. The standard InChI is InChI=1S/C47H29N3O/c1-2-12-30(13-3-1)31-24-26-33(27-25-31)45-48-46(50-47(49-45)42-22-11-21-40-39-19-8-9-23-43(39)51-44(40)42)41-29-28-38(36-17-6-7-18-37(36)41)35-20-10-15-32-14-4-5-16-34(32)35/h1-29H. The Hall–Kier alpha value is -6.91. The van der Waals surface area contributed by atoms with Gasteiger partial charge < -0.3 is 4.42 Å². The number of para-hydroxylation sites is 2. The highest BCUT2D eigenvalue weighted by atomic mass is 16.3. The Balaban J connectivity index is 1.19. The second-order valence-corrected chi connectivity index (χ2v) is 12.8. The van der Waals surface area contributed by atoms with Crippen LogP contribution >= 0.6 is 0 Å². The fraction of sp³-hybridized carbons (Fsp3) is 0. The zero-order valence-corrected chi connectivity index (χ0v) is 27.5. The fourth-order valence-corrected chi connectivity index (χ4v) is 7.30. The van der Waals surface area contributed by atoms with Gasteiger partial charge in [0.2, 0.25) is 0 Å². The van der Waals surface area contributed by atoms with E-state index in [1.165, 1.54) is 21.9 Å². The van der Waals surface area contributed by atoms with E-state index in [1.807, 2.05) is 36.4 Å². The van der Waals surface area contributed by atoms with E-state index in [4.69, 9.17) is 19.4 Å². The van der Waals surface area contributed by atoms with Crippen LogP contribution in [0, 0.1) is 0 Å². The van der Waals surface area contributed by atoms with Crippen molar-refractivity contribution in [2.45, 2.75) is 0 Å². The summed E-state index contributed by atoms with van der Waals surface area (Å²) >= 11 is 0. The van der Waals surface area contributed by atoms with Crippen LogP contribution in [0.1, 0.15) is 0 Å². The normalized spacial score (nSPS) is 11.5. The van der Waals surface area contributed by atoms with Crippen molar-refractivity contribution in [1.29, 1.82) is 0 Å². The average Bonchev–Trinajstić information content (AvgIpc) is 3.59. The molecule has 0 unspecified atom stereocenters. The molecule has 0 bridgehead atoms. The first-order valence-electron chi connectivity index (χ1n) is 17.1. The number of aromatic nitrogens is 3. The molecule has 8 aromatic carbocycles. The third-order valence-electron chi connectivity index (χ3n) is 9.78. The molecule has 2 aromatic heterocycles. The Morgan fingerprint density at radius 2 is 0.804 bits per heavy atom. The highest BCUT2D eigenvalue weighted by Crippen LogP contribution is 2.40. The van der Waals surface area contributed by atoms with Crippen molar-refractivity contribution < 1.29 is 4.42 Å². The van der Waals surface area contributed by atoms with Gasteiger partial charge in [-0.05, 0) is 62.0 Å². The van der Waals surface area contributed by atoms with E-state index in [1.54, 1.807) is 0 Å². The first-order valence-corrected chi connectivity index (χ1v) is 17.1. The molecule has 10 aromatic rings. The van der Waals surface area contributed by atoms with Gasteiger partial charge in [-0.25, -0.2) is 15.0 Å². The van der Waals surface area contributed by atoms with Crippen molar-refractivity contribution in [3.05, 3.63) is 176 Å². The summed E-state index contributed by atoms with van der Waals surface area (Å²) in [6, 6.07) is 61.1. The lowest BCUT2D eigenvalue weighted by Crippen LogP contribution is -2.01. The molecule has 0 saturated carbocycles. The van der Waals surface area contributed by atoms with E-state index in [0.29, 0.717) is 17.5 Å². The van der Waals surface area contributed by atoms with Gasteiger partial charge in [-0.15, -0.1) is 0 Å². The minimum absolute atomic E-state index is 0.564. The molecular formula is C47H29N3O. The number of furan rings is 1. The summed E-state index contributed by atoms with van der Waals surface area (Å²) in [4.78, 5) is 15.5. The van der Waals surface area contributed by atoms with Crippen molar-refractivity contribution in [2.24, 2.45) is 0 Å². The van der Waals surface area contributed by atoms with E-state index in [9.17, 15) is 0 Å². The molecule has 0 atom stereocenters. The van der Waals surface area contributed by atoms with Crippen molar-refractivity contribution in [2.75, 3.05) is 0 Å².